The average molecular weight is 242 g/mol. The third-order valence-corrected chi connectivity index (χ3v) is 3.09. The summed E-state index contributed by atoms with van der Waals surface area (Å²) < 4.78 is 4.65. The quantitative estimate of drug-likeness (QED) is 0.662. The minimum Gasteiger partial charge on any atom is -0.467 e. The van der Waals surface area contributed by atoms with Crippen molar-refractivity contribution in [1.82, 2.24) is 5.32 Å². The van der Waals surface area contributed by atoms with E-state index in [2.05, 4.69) is 10.1 Å². The van der Waals surface area contributed by atoms with E-state index >= 15 is 0 Å². The van der Waals surface area contributed by atoms with Crippen molar-refractivity contribution in [2.24, 2.45) is 17.6 Å². The smallest absolute Gasteiger partial charge is 0.328 e. The minimum absolute atomic E-state index is 0.00329. The van der Waals surface area contributed by atoms with Gasteiger partial charge in [-0.2, -0.15) is 0 Å². The molecule has 1 aliphatic rings. The van der Waals surface area contributed by atoms with Crippen LogP contribution in [0.15, 0.2) is 0 Å². The molecule has 0 aromatic carbocycles. The lowest BCUT2D eigenvalue weighted by Crippen LogP contribution is -2.46. The van der Waals surface area contributed by atoms with E-state index in [-0.39, 0.29) is 24.3 Å². The molecule has 1 aliphatic carbocycles. The minimum atomic E-state index is -0.584. The molecule has 17 heavy (non-hydrogen) atoms. The van der Waals surface area contributed by atoms with Gasteiger partial charge in [-0.15, -0.1) is 0 Å². The van der Waals surface area contributed by atoms with Crippen molar-refractivity contribution >= 4 is 11.9 Å². The second kappa shape index (κ2) is 6.00. The van der Waals surface area contributed by atoms with Crippen LogP contribution in [0.25, 0.3) is 0 Å². The number of hydrogen-bond acceptors (Lipinski definition) is 4. The van der Waals surface area contributed by atoms with Gasteiger partial charge in [0.15, 0.2) is 0 Å². The molecule has 1 fully saturated rings. The van der Waals surface area contributed by atoms with Crippen molar-refractivity contribution in [1.29, 1.82) is 0 Å². The molecule has 0 aromatic rings. The monoisotopic (exact) mass is 242 g/mol. The molecule has 0 bridgehead atoms. The Labute approximate surface area is 102 Å². The van der Waals surface area contributed by atoms with E-state index in [0.717, 1.165) is 12.8 Å². The summed E-state index contributed by atoms with van der Waals surface area (Å²) in [5.74, 6) is -0.0956. The van der Waals surface area contributed by atoms with Gasteiger partial charge < -0.3 is 15.8 Å². The first-order valence-electron chi connectivity index (χ1n) is 6.08. The first-order chi connectivity index (χ1) is 7.95. The highest BCUT2D eigenvalue weighted by molar-refractivity contribution is 5.84. The summed E-state index contributed by atoms with van der Waals surface area (Å²) in [5.41, 5.74) is 5.86. The van der Waals surface area contributed by atoms with Crippen LogP contribution < -0.4 is 11.1 Å². The number of ether oxygens (including phenoxy) is 1. The van der Waals surface area contributed by atoms with Crippen molar-refractivity contribution in [3.8, 4) is 0 Å². The lowest BCUT2D eigenvalue weighted by atomic mass is 10.0. The van der Waals surface area contributed by atoms with Gasteiger partial charge in [0.25, 0.3) is 0 Å². The Kier molecular flexibility index (Phi) is 4.93. The number of methoxy groups -OCH3 is 1. The normalized spacial score (nSPS) is 18.6. The van der Waals surface area contributed by atoms with Gasteiger partial charge in [-0.3, -0.25) is 4.79 Å². The third kappa shape index (κ3) is 4.34. The molecule has 1 saturated carbocycles. The summed E-state index contributed by atoms with van der Waals surface area (Å²) in [6.07, 6.45) is 2.50. The molecule has 0 aromatic heterocycles. The van der Waals surface area contributed by atoms with Crippen LogP contribution in [0.2, 0.25) is 0 Å². The highest BCUT2D eigenvalue weighted by Gasteiger charge is 2.31. The van der Waals surface area contributed by atoms with Gasteiger partial charge in [-0.05, 0) is 24.7 Å². The number of nitrogens with two attached hydrogens (primary N) is 1. The van der Waals surface area contributed by atoms with Crippen LogP contribution in [0.4, 0.5) is 0 Å². The highest BCUT2D eigenvalue weighted by Crippen LogP contribution is 2.32. The summed E-state index contributed by atoms with van der Waals surface area (Å²) in [7, 11) is 1.32. The van der Waals surface area contributed by atoms with Gasteiger partial charge in [-0.1, -0.05) is 13.8 Å². The second-order valence-corrected chi connectivity index (χ2v) is 5.02. The molecule has 2 unspecified atom stereocenters. The van der Waals surface area contributed by atoms with Crippen molar-refractivity contribution in [3.05, 3.63) is 0 Å². The summed E-state index contributed by atoms with van der Waals surface area (Å²) in [6, 6.07) is -0.667. The molecule has 0 spiro atoms. The van der Waals surface area contributed by atoms with E-state index in [0.29, 0.717) is 5.92 Å². The molecule has 98 valence electrons. The maximum absolute atomic E-state index is 11.7. The zero-order valence-electron chi connectivity index (χ0n) is 10.7. The Balaban J connectivity index is 2.42. The van der Waals surface area contributed by atoms with Gasteiger partial charge in [0, 0.05) is 12.5 Å². The van der Waals surface area contributed by atoms with Crippen LogP contribution in [0.1, 0.15) is 33.1 Å². The summed E-state index contributed by atoms with van der Waals surface area (Å²) in [6.45, 7) is 3.73. The molecule has 5 nitrogen and oxygen atoms in total. The SMILES string of the molecule is COC(=O)C(NC(=O)CC(N)C1CC1)C(C)C. The predicted molar refractivity (Wildman–Crippen MR) is 64.1 cm³/mol. The highest BCUT2D eigenvalue weighted by atomic mass is 16.5. The summed E-state index contributed by atoms with van der Waals surface area (Å²) in [5, 5.41) is 2.69. The molecule has 2 atom stereocenters. The van der Waals surface area contributed by atoms with Gasteiger partial charge in [-0.25, -0.2) is 4.79 Å². The van der Waals surface area contributed by atoms with E-state index in [9.17, 15) is 9.59 Å². The maximum Gasteiger partial charge on any atom is 0.328 e. The van der Waals surface area contributed by atoms with E-state index in [4.69, 9.17) is 5.73 Å². The number of rotatable bonds is 6. The molecule has 1 amide bonds. The standard InChI is InChI=1S/C12H22N2O3/c1-7(2)11(12(16)17-3)14-10(15)6-9(13)8-4-5-8/h7-9,11H,4-6,13H2,1-3H3,(H,14,15). The number of hydrogen-bond donors (Lipinski definition) is 2. The van der Waals surface area contributed by atoms with Gasteiger partial charge in [0.1, 0.15) is 6.04 Å². The van der Waals surface area contributed by atoms with Crippen LogP contribution in [-0.4, -0.2) is 31.1 Å². The Morgan fingerprint density at radius 3 is 2.41 bits per heavy atom. The van der Waals surface area contributed by atoms with Crippen LogP contribution in [0, 0.1) is 11.8 Å². The van der Waals surface area contributed by atoms with E-state index in [1.807, 2.05) is 13.8 Å². The van der Waals surface area contributed by atoms with Crippen molar-refractivity contribution < 1.29 is 14.3 Å². The maximum atomic E-state index is 11.7. The Morgan fingerprint density at radius 2 is 2.00 bits per heavy atom. The fraction of sp³-hybridized carbons (Fsp3) is 0.833. The molecule has 0 saturated heterocycles. The Hall–Kier alpha value is -1.10. The van der Waals surface area contributed by atoms with Crippen LogP contribution in [0.5, 0.6) is 0 Å². The zero-order valence-corrected chi connectivity index (χ0v) is 10.7. The number of carbonyl (C=O) groups excluding carboxylic acids is 2. The fourth-order valence-corrected chi connectivity index (χ4v) is 1.76. The first kappa shape index (κ1) is 14.0. The van der Waals surface area contributed by atoms with E-state index in [1.165, 1.54) is 7.11 Å². The lowest BCUT2D eigenvalue weighted by molar-refractivity contribution is -0.146. The molecule has 3 N–H and O–H groups in total. The van der Waals surface area contributed by atoms with Crippen LogP contribution in [-0.2, 0) is 14.3 Å². The van der Waals surface area contributed by atoms with Gasteiger partial charge in [0.2, 0.25) is 5.91 Å². The van der Waals surface area contributed by atoms with Crippen molar-refractivity contribution in [3.63, 3.8) is 0 Å². The molecule has 0 radical (unpaired) electrons. The number of amides is 1. The summed E-state index contributed by atoms with van der Waals surface area (Å²) >= 11 is 0. The molecular formula is C12H22N2O3. The zero-order chi connectivity index (χ0) is 13.0. The van der Waals surface area contributed by atoms with Crippen LogP contribution >= 0.6 is 0 Å². The molecule has 0 heterocycles. The summed E-state index contributed by atoms with van der Waals surface area (Å²) in [4.78, 5) is 23.2. The van der Waals surface area contributed by atoms with Crippen LogP contribution in [0.3, 0.4) is 0 Å². The predicted octanol–water partition coefficient (Wildman–Crippen LogP) is 0.428. The molecule has 0 aliphatic heterocycles. The Bertz CT molecular complexity index is 287. The topological polar surface area (TPSA) is 81.4 Å². The third-order valence-electron chi connectivity index (χ3n) is 3.09. The fourth-order valence-electron chi connectivity index (χ4n) is 1.76. The largest absolute Gasteiger partial charge is 0.467 e. The lowest BCUT2D eigenvalue weighted by Gasteiger charge is -2.20. The van der Waals surface area contributed by atoms with Gasteiger partial charge >= 0.3 is 5.97 Å². The van der Waals surface area contributed by atoms with Crippen molar-refractivity contribution in [2.45, 2.75) is 45.2 Å². The van der Waals surface area contributed by atoms with Gasteiger partial charge in [0.05, 0.1) is 7.11 Å². The number of carbonyl (C=O) groups is 2. The number of esters is 1. The molecule has 5 heteroatoms. The van der Waals surface area contributed by atoms with Crippen molar-refractivity contribution in [2.75, 3.05) is 7.11 Å². The molecular weight excluding hydrogens is 220 g/mol. The average Bonchev–Trinajstić information content (AvgIpc) is 3.08. The Morgan fingerprint density at radius 1 is 1.41 bits per heavy atom. The first-order valence-corrected chi connectivity index (χ1v) is 6.08. The number of nitrogens with one attached hydrogen (secondary N) is 1. The second-order valence-electron chi connectivity index (χ2n) is 5.02. The molecule has 1 rings (SSSR count). The van der Waals surface area contributed by atoms with E-state index in [1.54, 1.807) is 0 Å². The van der Waals surface area contributed by atoms with E-state index < -0.39 is 12.0 Å².